The van der Waals surface area contributed by atoms with E-state index in [0.29, 0.717) is 5.82 Å². The van der Waals surface area contributed by atoms with Crippen molar-refractivity contribution in [3.8, 4) is 0 Å². The summed E-state index contributed by atoms with van der Waals surface area (Å²) in [5.74, 6) is 0.680. The largest absolute Gasteiger partial charge is 0.240 e. The van der Waals surface area contributed by atoms with Gasteiger partial charge in [-0.05, 0) is 13.0 Å². The molecule has 0 amide bonds. The van der Waals surface area contributed by atoms with Gasteiger partial charge in [0.25, 0.3) is 0 Å². The summed E-state index contributed by atoms with van der Waals surface area (Å²) < 4.78 is 0. The molecule has 1 heterocycles. The zero-order valence-electron chi connectivity index (χ0n) is 5.08. The van der Waals surface area contributed by atoms with Crippen LogP contribution in [0.15, 0.2) is 18.5 Å². The highest BCUT2D eigenvalue weighted by Crippen LogP contribution is 2.12. The van der Waals surface area contributed by atoms with Crippen LogP contribution in [0.25, 0.3) is 0 Å². The fraction of sp³-hybridized carbons (Fsp3) is 0.333. The Balaban J connectivity index is 2.85. The molecule has 0 fully saturated rings. The second-order valence-corrected chi connectivity index (χ2v) is 2.38. The number of hydrogen-bond acceptors (Lipinski definition) is 2. The van der Waals surface area contributed by atoms with Gasteiger partial charge in [0.2, 0.25) is 0 Å². The van der Waals surface area contributed by atoms with E-state index in [1.165, 1.54) is 0 Å². The summed E-state index contributed by atoms with van der Waals surface area (Å²) in [6, 6.07) is 1.77. The van der Waals surface area contributed by atoms with Gasteiger partial charge in [0.1, 0.15) is 5.82 Å². The molecule has 1 aromatic rings. The van der Waals surface area contributed by atoms with Crippen molar-refractivity contribution in [2.75, 3.05) is 0 Å². The number of rotatable bonds is 1. The Hall–Kier alpha value is -0.630. The van der Waals surface area contributed by atoms with Gasteiger partial charge in [-0.1, -0.05) is 0 Å². The van der Waals surface area contributed by atoms with E-state index in [1.807, 2.05) is 6.92 Å². The molecular formula is C6H7ClN2. The van der Waals surface area contributed by atoms with Crippen LogP contribution in [0.5, 0.6) is 0 Å². The third-order valence-electron chi connectivity index (χ3n) is 0.942. The normalized spacial score (nSPS) is 13.1. The molecule has 0 aromatic carbocycles. The number of halogens is 1. The molecule has 0 spiro atoms. The van der Waals surface area contributed by atoms with Crippen molar-refractivity contribution in [2.24, 2.45) is 0 Å². The third kappa shape index (κ3) is 1.64. The molecule has 0 aliphatic rings. The quantitative estimate of drug-likeness (QED) is 0.559. The molecule has 9 heavy (non-hydrogen) atoms. The molecule has 1 rings (SSSR count). The van der Waals surface area contributed by atoms with Crippen LogP contribution in [0.1, 0.15) is 18.1 Å². The van der Waals surface area contributed by atoms with Crippen LogP contribution in [0.4, 0.5) is 0 Å². The topological polar surface area (TPSA) is 25.8 Å². The van der Waals surface area contributed by atoms with Crippen molar-refractivity contribution >= 4 is 11.6 Å². The molecule has 0 bridgehead atoms. The van der Waals surface area contributed by atoms with Crippen molar-refractivity contribution in [1.29, 1.82) is 0 Å². The Morgan fingerprint density at radius 3 is 2.33 bits per heavy atom. The molecule has 0 radical (unpaired) electrons. The predicted octanol–water partition coefficient (Wildman–Crippen LogP) is 1.78. The molecule has 0 aliphatic carbocycles. The van der Waals surface area contributed by atoms with Crippen LogP contribution in [0.2, 0.25) is 0 Å². The summed E-state index contributed by atoms with van der Waals surface area (Å²) in [7, 11) is 0. The summed E-state index contributed by atoms with van der Waals surface area (Å²) in [5.41, 5.74) is 0. The van der Waals surface area contributed by atoms with Gasteiger partial charge in [0.15, 0.2) is 0 Å². The molecule has 1 aromatic heterocycles. The maximum atomic E-state index is 5.68. The van der Waals surface area contributed by atoms with Crippen molar-refractivity contribution < 1.29 is 0 Å². The smallest absolute Gasteiger partial charge is 0.145 e. The van der Waals surface area contributed by atoms with E-state index in [4.69, 9.17) is 11.6 Å². The van der Waals surface area contributed by atoms with E-state index in [1.54, 1.807) is 18.5 Å². The minimum Gasteiger partial charge on any atom is -0.240 e. The summed E-state index contributed by atoms with van der Waals surface area (Å²) >= 11 is 5.68. The van der Waals surface area contributed by atoms with Crippen molar-refractivity contribution in [2.45, 2.75) is 12.3 Å². The predicted molar refractivity (Wildman–Crippen MR) is 36.3 cm³/mol. The SMILES string of the molecule is C[C@H](Cl)c1ncccn1. The van der Waals surface area contributed by atoms with Crippen LogP contribution in [0, 0.1) is 0 Å². The maximum Gasteiger partial charge on any atom is 0.145 e. The molecule has 0 unspecified atom stereocenters. The Labute approximate surface area is 58.9 Å². The number of nitrogens with zero attached hydrogens (tertiary/aromatic N) is 2. The average molecular weight is 143 g/mol. The lowest BCUT2D eigenvalue weighted by atomic mass is 10.4. The summed E-state index contributed by atoms with van der Waals surface area (Å²) in [6.07, 6.45) is 3.36. The average Bonchev–Trinajstić information content (AvgIpc) is 1.90. The Kier molecular flexibility index (Phi) is 2.01. The molecule has 0 N–H and O–H groups in total. The third-order valence-corrected chi connectivity index (χ3v) is 1.14. The first-order chi connectivity index (χ1) is 4.30. The first-order valence-electron chi connectivity index (χ1n) is 2.71. The second-order valence-electron chi connectivity index (χ2n) is 1.72. The van der Waals surface area contributed by atoms with Gasteiger partial charge in [0, 0.05) is 12.4 Å². The summed E-state index contributed by atoms with van der Waals surface area (Å²) in [5, 5.41) is -0.0915. The van der Waals surface area contributed by atoms with Gasteiger partial charge >= 0.3 is 0 Å². The standard InChI is InChI=1S/C6H7ClN2/c1-5(7)6-8-3-2-4-9-6/h2-5H,1H3/t5-/m0/s1. The molecule has 0 saturated carbocycles. The van der Waals surface area contributed by atoms with E-state index in [0.717, 1.165) is 0 Å². The van der Waals surface area contributed by atoms with E-state index < -0.39 is 0 Å². The first-order valence-corrected chi connectivity index (χ1v) is 3.15. The minimum atomic E-state index is -0.0915. The van der Waals surface area contributed by atoms with Crippen LogP contribution >= 0.6 is 11.6 Å². The number of aromatic nitrogens is 2. The maximum absolute atomic E-state index is 5.68. The zero-order chi connectivity index (χ0) is 6.69. The minimum absolute atomic E-state index is 0.0915. The molecule has 3 heteroatoms. The van der Waals surface area contributed by atoms with E-state index in [9.17, 15) is 0 Å². The number of hydrogen-bond donors (Lipinski definition) is 0. The Bertz CT molecular complexity index is 174. The highest BCUT2D eigenvalue weighted by molar-refractivity contribution is 6.20. The van der Waals surface area contributed by atoms with E-state index >= 15 is 0 Å². The van der Waals surface area contributed by atoms with Crippen molar-refractivity contribution in [1.82, 2.24) is 9.97 Å². The monoisotopic (exact) mass is 142 g/mol. The lowest BCUT2D eigenvalue weighted by molar-refractivity contribution is 0.910. The van der Waals surface area contributed by atoms with Crippen LogP contribution in [-0.2, 0) is 0 Å². The van der Waals surface area contributed by atoms with Crippen molar-refractivity contribution in [3.05, 3.63) is 24.3 Å². The second kappa shape index (κ2) is 2.78. The van der Waals surface area contributed by atoms with Gasteiger partial charge in [-0.3, -0.25) is 0 Å². The van der Waals surface area contributed by atoms with Gasteiger partial charge in [-0.25, -0.2) is 9.97 Å². The van der Waals surface area contributed by atoms with Crippen LogP contribution < -0.4 is 0 Å². The summed E-state index contributed by atoms with van der Waals surface area (Å²) in [6.45, 7) is 1.84. The molecule has 0 saturated heterocycles. The van der Waals surface area contributed by atoms with Gasteiger partial charge < -0.3 is 0 Å². The van der Waals surface area contributed by atoms with Gasteiger partial charge in [-0.2, -0.15) is 0 Å². The Morgan fingerprint density at radius 1 is 1.44 bits per heavy atom. The van der Waals surface area contributed by atoms with Crippen LogP contribution in [0.3, 0.4) is 0 Å². The number of alkyl halides is 1. The fourth-order valence-electron chi connectivity index (χ4n) is 0.516. The highest BCUT2D eigenvalue weighted by Gasteiger charge is 2.00. The van der Waals surface area contributed by atoms with Crippen LogP contribution in [-0.4, -0.2) is 9.97 Å². The molecule has 2 nitrogen and oxygen atoms in total. The zero-order valence-corrected chi connectivity index (χ0v) is 5.84. The van der Waals surface area contributed by atoms with E-state index in [2.05, 4.69) is 9.97 Å². The molecule has 48 valence electrons. The molecular weight excluding hydrogens is 136 g/mol. The first kappa shape index (κ1) is 6.49. The van der Waals surface area contributed by atoms with E-state index in [-0.39, 0.29) is 5.38 Å². The highest BCUT2D eigenvalue weighted by atomic mass is 35.5. The lowest BCUT2D eigenvalue weighted by Crippen LogP contribution is -1.91. The fourth-order valence-corrected chi connectivity index (χ4v) is 0.629. The van der Waals surface area contributed by atoms with Gasteiger partial charge in [-0.15, -0.1) is 11.6 Å². The van der Waals surface area contributed by atoms with Gasteiger partial charge in [0.05, 0.1) is 5.38 Å². The molecule has 0 aliphatic heterocycles. The Morgan fingerprint density at radius 2 is 2.00 bits per heavy atom. The summed E-state index contributed by atoms with van der Waals surface area (Å²) in [4.78, 5) is 7.87. The van der Waals surface area contributed by atoms with Crippen molar-refractivity contribution in [3.63, 3.8) is 0 Å². The molecule has 1 atom stereocenters. The lowest BCUT2D eigenvalue weighted by Gasteiger charge is -1.96.